The molecule has 7 heteroatoms. The summed E-state index contributed by atoms with van der Waals surface area (Å²) in [5.74, 6) is 0.458. The first kappa shape index (κ1) is 19.4. The van der Waals surface area contributed by atoms with E-state index >= 15 is 0 Å². The van der Waals surface area contributed by atoms with Gasteiger partial charge in [-0.05, 0) is 17.9 Å². The zero-order chi connectivity index (χ0) is 19.2. The molecule has 1 saturated carbocycles. The van der Waals surface area contributed by atoms with Gasteiger partial charge >= 0.3 is 0 Å². The van der Waals surface area contributed by atoms with Crippen LogP contribution < -0.4 is 10.6 Å². The van der Waals surface area contributed by atoms with Gasteiger partial charge in [0, 0.05) is 38.6 Å². The lowest BCUT2D eigenvalue weighted by Crippen LogP contribution is -2.53. The Morgan fingerprint density at radius 2 is 1.70 bits per heavy atom. The SMILES string of the molecule is C[C@@H]1C[C@@H]1C(=O)NCC(=O)N1CCN(CC(=O)NCc2ccccc2)CC1. The summed E-state index contributed by atoms with van der Waals surface area (Å²) in [5, 5.41) is 5.66. The van der Waals surface area contributed by atoms with E-state index in [1.54, 1.807) is 4.90 Å². The molecule has 1 aliphatic carbocycles. The number of nitrogens with zero attached hydrogens (tertiary/aromatic N) is 2. The predicted octanol–water partition coefficient (Wildman–Crippen LogP) is 0.219. The van der Waals surface area contributed by atoms with Crippen molar-refractivity contribution < 1.29 is 14.4 Å². The lowest BCUT2D eigenvalue weighted by Gasteiger charge is -2.34. The van der Waals surface area contributed by atoms with Crippen LogP contribution in [0.4, 0.5) is 0 Å². The van der Waals surface area contributed by atoms with Crippen LogP contribution in [0.15, 0.2) is 30.3 Å². The molecule has 1 aromatic carbocycles. The highest BCUT2D eigenvalue weighted by Crippen LogP contribution is 2.37. The van der Waals surface area contributed by atoms with Gasteiger partial charge in [0.05, 0.1) is 13.1 Å². The summed E-state index contributed by atoms with van der Waals surface area (Å²) >= 11 is 0. The van der Waals surface area contributed by atoms with E-state index in [-0.39, 0.29) is 30.2 Å². The zero-order valence-electron chi connectivity index (χ0n) is 15.8. The van der Waals surface area contributed by atoms with Crippen LogP contribution in [0.1, 0.15) is 18.9 Å². The van der Waals surface area contributed by atoms with Crippen molar-refractivity contribution in [3.63, 3.8) is 0 Å². The minimum Gasteiger partial charge on any atom is -0.351 e. The van der Waals surface area contributed by atoms with Gasteiger partial charge in [0.25, 0.3) is 0 Å². The molecule has 2 fully saturated rings. The molecule has 2 aliphatic rings. The van der Waals surface area contributed by atoms with E-state index in [9.17, 15) is 14.4 Å². The number of benzene rings is 1. The molecule has 0 spiro atoms. The third-order valence-electron chi connectivity index (χ3n) is 5.28. The third-order valence-corrected chi connectivity index (χ3v) is 5.28. The van der Waals surface area contributed by atoms with Crippen molar-refractivity contribution in [2.24, 2.45) is 11.8 Å². The lowest BCUT2D eigenvalue weighted by molar-refractivity contribution is -0.135. The van der Waals surface area contributed by atoms with Gasteiger partial charge in [0.2, 0.25) is 17.7 Å². The Morgan fingerprint density at radius 1 is 1.04 bits per heavy atom. The monoisotopic (exact) mass is 372 g/mol. The molecule has 3 rings (SSSR count). The smallest absolute Gasteiger partial charge is 0.242 e. The van der Waals surface area contributed by atoms with Crippen molar-refractivity contribution in [3.05, 3.63) is 35.9 Å². The second kappa shape index (κ2) is 8.99. The molecule has 3 amide bonds. The van der Waals surface area contributed by atoms with Crippen LogP contribution in [-0.4, -0.2) is 66.8 Å². The van der Waals surface area contributed by atoms with Crippen molar-refractivity contribution in [1.82, 2.24) is 20.4 Å². The van der Waals surface area contributed by atoms with E-state index in [2.05, 4.69) is 15.5 Å². The number of piperazine rings is 1. The Hall–Kier alpha value is -2.41. The molecule has 1 heterocycles. The highest BCUT2D eigenvalue weighted by Gasteiger charge is 2.39. The quantitative estimate of drug-likeness (QED) is 0.717. The number of carbonyl (C=O) groups excluding carboxylic acids is 3. The van der Waals surface area contributed by atoms with E-state index in [1.165, 1.54) is 0 Å². The molecule has 1 aliphatic heterocycles. The molecule has 27 heavy (non-hydrogen) atoms. The topological polar surface area (TPSA) is 81.8 Å². The summed E-state index contributed by atoms with van der Waals surface area (Å²) < 4.78 is 0. The Labute approximate surface area is 160 Å². The molecular weight excluding hydrogens is 344 g/mol. The number of rotatable bonds is 7. The fourth-order valence-corrected chi connectivity index (χ4v) is 3.30. The van der Waals surface area contributed by atoms with Crippen molar-refractivity contribution in [2.45, 2.75) is 19.9 Å². The van der Waals surface area contributed by atoms with Crippen molar-refractivity contribution in [1.29, 1.82) is 0 Å². The Balaban J connectivity index is 1.31. The van der Waals surface area contributed by atoms with Gasteiger partial charge in [-0.15, -0.1) is 0 Å². The van der Waals surface area contributed by atoms with Crippen LogP contribution in [0.5, 0.6) is 0 Å². The van der Waals surface area contributed by atoms with Crippen LogP contribution >= 0.6 is 0 Å². The van der Waals surface area contributed by atoms with Crippen LogP contribution in [0.2, 0.25) is 0 Å². The molecule has 0 aromatic heterocycles. The Bertz CT molecular complexity index is 671. The number of nitrogens with one attached hydrogen (secondary N) is 2. The van der Waals surface area contributed by atoms with Gasteiger partial charge in [0.15, 0.2) is 0 Å². The summed E-state index contributed by atoms with van der Waals surface area (Å²) in [5.41, 5.74) is 1.07. The molecule has 0 bridgehead atoms. The van der Waals surface area contributed by atoms with Gasteiger partial charge < -0.3 is 15.5 Å². The summed E-state index contributed by atoms with van der Waals surface area (Å²) in [4.78, 5) is 39.9. The molecule has 7 nitrogen and oxygen atoms in total. The normalized spacial score (nSPS) is 22.2. The van der Waals surface area contributed by atoms with Gasteiger partial charge in [0.1, 0.15) is 0 Å². The number of hydrogen-bond acceptors (Lipinski definition) is 4. The highest BCUT2D eigenvalue weighted by atomic mass is 16.2. The van der Waals surface area contributed by atoms with Crippen LogP contribution in [0, 0.1) is 11.8 Å². The van der Waals surface area contributed by atoms with E-state index < -0.39 is 0 Å². The summed E-state index contributed by atoms with van der Waals surface area (Å²) in [6.07, 6.45) is 0.922. The number of carbonyl (C=O) groups is 3. The Kier molecular flexibility index (Phi) is 6.45. The second-order valence-electron chi connectivity index (χ2n) is 7.46. The van der Waals surface area contributed by atoms with Crippen LogP contribution in [-0.2, 0) is 20.9 Å². The summed E-state index contributed by atoms with van der Waals surface area (Å²) in [6.45, 7) is 5.47. The molecule has 0 radical (unpaired) electrons. The third kappa shape index (κ3) is 5.79. The molecule has 1 saturated heterocycles. The largest absolute Gasteiger partial charge is 0.351 e. The van der Waals surface area contributed by atoms with Gasteiger partial charge in [-0.2, -0.15) is 0 Å². The van der Waals surface area contributed by atoms with Crippen molar-refractivity contribution >= 4 is 17.7 Å². The van der Waals surface area contributed by atoms with E-state index in [4.69, 9.17) is 0 Å². The number of amides is 3. The van der Waals surface area contributed by atoms with Crippen molar-refractivity contribution in [3.8, 4) is 0 Å². The first-order valence-corrected chi connectivity index (χ1v) is 9.61. The standard InChI is InChI=1S/C20H28N4O3/c1-15-11-17(15)20(27)22-13-19(26)24-9-7-23(8-10-24)14-18(25)21-12-16-5-3-2-4-6-16/h2-6,15,17H,7-14H2,1H3,(H,21,25)(H,22,27)/t15-,17+/m1/s1. The molecular formula is C20H28N4O3. The number of hydrogen-bond donors (Lipinski definition) is 2. The average molecular weight is 372 g/mol. The maximum absolute atomic E-state index is 12.2. The maximum atomic E-state index is 12.2. The first-order chi connectivity index (χ1) is 13.0. The Morgan fingerprint density at radius 3 is 2.33 bits per heavy atom. The van der Waals surface area contributed by atoms with E-state index in [0.29, 0.717) is 45.2 Å². The van der Waals surface area contributed by atoms with Crippen LogP contribution in [0.3, 0.4) is 0 Å². The molecule has 0 unspecified atom stereocenters. The van der Waals surface area contributed by atoms with Crippen LogP contribution in [0.25, 0.3) is 0 Å². The average Bonchev–Trinajstić information content (AvgIpc) is 3.42. The maximum Gasteiger partial charge on any atom is 0.242 e. The minimum absolute atomic E-state index is 0.00965. The molecule has 146 valence electrons. The first-order valence-electron chi connectivity index (χ1n) is 9.61. The van der Waals surface area contributed by atoms with Gasteiger partial charge in [-0.3, -0.25) is 19.3 Å². The van der Waals surface area contributed by atoms with Gasteiger partial charge in [-0.1, -0.05) is 37.3 Å². The summed E-state index contributed by atoms with van der Waals surface area (Å²) in [6, 6.07) is 9.81. The highest BCUT2D eigenvalue weighted by molar-refractivity contribution is 5.87. The molecule has 2 atom stereocenters. The second-order valence-corrected chi connectivity index (χ2v) is 7.46. The minimum atomic E-state index is -0.0511. The fourth-order valence-electron chi connectivity index (χ4n) is 3.30. The summed E-state index contributed by atoms with van der Waals surface area (Å²) in [7, 11) is 0. The van der Waals surface area contributed by atoms with Crippen molar-refractivity contribution in [2.75, 3.05) is 39.3 Å². The molecule has 2 N–H and O–H groups in total. The van der Waals surface area contributed by atoms with E-state index in [1.807, 2.05) is 37.3 Å². The zero-order valence-corrected chi connectivity index (χ0v) is 15.8. The van der Waals surface area contributed by atoms with E-state index in [0.717, 1.165) is 12.0 Å². The van der Waals surface area contributed by atoms with Gasteiger partial charge in [-0.25, -0.2) is 0 Å². The predicted molar refractivity (Wildman–Crippen MR) is 102 cm³/mol. The lowest BCUT2D eigenvalue weighted by atomic mass is 10.2. The molecule has 1 aromatic rings. The fraction of sp³-hybridized carbons (Fsp3) is 0.550.